The Kier molecular flexibility index (Phi) is 8.41. The van der Waals surface area contributed by atoms with E-state index in [9.17, 15) is 19.2 Å². The van der Waals surface area contributed by atoms with Crippen LogP contribution in [0.2, 0.25) is 0 Å². The zero-order valence-corrected chi connectivity index (χ0v) is 23.7. The molecule has 0 aliphatic rings. The molecule has 214 valence electrons. The van der Waals surface area contributed by atoms with Gasteiger partial charge in [0.1, 0.15) is 18.9 Å². The number of hydrogen-bond acceptors (Lipinski definition) is 5. The van der Waals surface area contributed by atoms with Gasteiger partial charge in [-0.15, -0.1) is 0 Å². The summed E-state index contributed by atoms with van der Waals surface area (Å²) >= 11 is 0. The van der Waals surface area contributed by atoms with E-state index >= 15 is 0 Å². The molecule has 0 bridgehead atoms. The number of amides is 5. The summed E-state index contributed by atoms with van der Waals surface area (Å²) in [7, 11) is 2.92. The van der Waals surface area contributed by atoms with Crippen molar-refractivity contribution in [3.8, 4) is 5.69 Å². The van der Waals surface area contributed by atoms with Gasteiger partial charge in [0.2, 0.25) is 11.8 Å². The Morgan fingerprint density at radius 1 is 0.878 bits per heavy atom. The molecule has 4 rings (SSSR count). The number of aromatic nitrogens is 3. The number of urea groups is 1. The topological polar surface area (TPSA) is 153 Å². The number of hydrogen-bond donors (Lipinski definition) is 5. The van der Waals surface area contributed by atoms with Crippen LogP contribution in [0.5, 0.6) is 0 Å². The number of fused-ring (bicyclic) bond motifs is 1. The van der Waals surface area contributed by atoms with Gasteiger partial charge in [-0.2, -0.15) is 5.10 Å². The highest BCUT2D eigenvalue weighted by molar-refractivity contribution is 6.01. The smallest absolute Gasteiger partial charge is 0.324 e. The molecule has 5 N–H and O–H groups in total. The Balaban J connectivity index is 1.57. The molecule has 2 aromatic carbocycles. The number of likely N-dealkylation sites (N-methyl/N-ethyl adjacent to an activating group) is 2. The maximum absolute atomic E-state index is 13.2. The first-order valence-electron chi connectivity index (χ1n) is 13.0. The molecule has 4 aromatic rings. The Hall–Kier alpha value is -5.13. The molecule has 0 unspecified atom stereocenters. The SMILES string of the molecule is CNC(=O)CN(CC(=O)NC)C(=O)c1ccc(-n2nc(C(C)(C)C)cc2NC(=O)Nc2ccc3[nH]ccc3c2)cc1. The van der Waals surface area contributed by atoms with Crippen LogP contribution in [0.1, 0.15) is 36.8 Å². The maximum atomic E-state index is 13.2. The van der Waals surface area contributed by atoms with E-state index < -0.39 is 23.8 Å². The van der Waals surface area contributed by atoms with Crippen LogP contribution in [0.25, 0.3) is 16.6 Å². The second kappa shape index (κ2) is 11.9. The van der Waals surface area contributed by atoms with Crippen molar-refractivity contribution in [1.29, 1.82) is 0 Å². The summed E-state index contributed by atoms with van der Waals surface area (Å²) in [4.78, 5) is 54.3. The Morgan fingerprint density at radius 2 is 1.54 bits per heavy atom. The van der Waals surface area contributed by atoms with E-state index in [1.807, 2.05) is 57.3 Å². The number of H-pyrrole nitrogens is 1. The number of carbonyl (C=O) groups excluding carboxylic acids is 4. The van der Waals surface area contributed by atoms with Crippen LogP contribution in [0, 0.1) is 0 Å². The van der Waals surface area contributed by atoms with Crippen molar-refractivity contribution < 1.29 is 19.2 Å². The van der Waals surface area contributed by atoms with Crippen LogP contribution < -0.4 is 21.3 Å². The zero-order valence-electron chi connectivity index (χ0n) is 23.7. The summed E-state index contributed by atoms with van der Waals surface area (Å²) in [6, 6.07) is 15.4. The molecule has 0 atom stereocenters. The van der Waals surface area contributed by atoms with E-state index in [1.54, 1.807) is 28.9 Å². The van der Waals surface area contributed by atoms with E-state index in [-0.39, 0.29) is 24.1 Å². The lowest BCUT2D eigenvalue weighted by Crippen LogP contribution is -2.44. The molecule has 5 amide bonds. The zero-order chi connectivity index (χ0) is 29.7. The first-order chi connectivity index (χ1) is 19.5. The molecule has 0 fully saturated rings. The summed E-state index contributed by atoms with van der Waals surface area (Å²) in [6.07, 6.45) is 1.83. The van der Waals surface area contributed by atoms with Gasteiger partial charge >= 0.3 is 6.03 Å². The van der Waals surface area contributed by atoms with Crippen LogP contribution in [0.15, 0.2) is 60.8 Å². The minimum absolute atomic E-state index is 0.265. The molecule has 0 radical (unpaired) electrons. The van der Waals surface area contributed by atoms with Gasteiger partial charge in [0.05, 0.1) is 11.4 Å². The highest BCUT2D eigenvalue weighted by Crippen LogP contribution is 2.27. The van der Waals surface area contributed by atoms with Gasteiger partial charge in [0.15, 0.2) is 0 Å². The summed E-state index contributed by atoms with van der Waals surface area (Å²) in [5.74, 6) is -0.828. The van der Waals surface area contributed by atoms with Crippen LogP contribution in [-0.2, 0) is 15.0 Å². The lowest BCUT2D eigenvalue weighted by atomic mass is 9.92. The lowest BCUT2D eigenvalue weighted by molar-refractivity contribution is -0.123. The molecule has 41 heavy (non-hydrogen) atoms. The van der Waals surface area contributed by atoms with Gasteiger partial charge < -0.3 is 25.8 Å². The number of nitrogens with one attached hydrogen (secondary N) is 5. The summed E-state index contributed by atoms with van der Waals surface area (Å²) in [5.41, 5.74) is 2.95. The largest absolute Gasteiger partial charge is 0.361 e. The Bertz CT molecular complexity index is 1560. The summed E-state index contributed by atoms with van der Waals surface area (Å²) in [6.45, 7) is 5.53. The first kappa shape index (κ1) is 28.9. The number of anilines is 2. The van der Waals surface area contributed by atoms with E-state index in [0.29, 0.717) is 17.2 Å². The quantitative estimate of drug-likeness (QED) is 0.225. The fourth-order valence-electron chi connectivity index (χ4n) is 4.08. The molecule has 12 nitrogen and oxygen atoms in total. The third-order valence-corrected chi connectivity index (χ3v) is 6.40. The normalized spacial score (nSPS) is 11.1. The second-order valence-electron chi connectivity index (χ2n) is 10.5. The van der Waals surface area contributed by atoms with E-state index in [2.05, 4.69) is 26.3 Å². The van der Waals surface area contributed by atoms with Crippen molar-refractivity contribution in [3.05, 3.63) is 72.1 Å². The van der Waals surface area contributed by atoms with Crippen LogP contribution >= 0.6 is 0 Å². The number of aromatic amines is 1. The molecule has 0 saturated carbocycles. The summed E-state index contributed by atoms with van der Waals surface area (Å²) in [5, 5.41) is 16.4. The highest BCUT2D eigenvalue weighted by Gasteiger charge is 2.23. The third kappa shape index (κ3) is 6.90. The molecule has 2 aromatic heterocycles. The van der Waals surface area contributed by atoms with Crippen molar-refractivity contribution in [2.75, 3.05) is 37.8 Å². The minimum atomic E-state index is -0.475. The molecule has 0 saturated heterocycles. The molecule has 0 spiro atoms. The number of carbonyl (C=O) groups is 4. The predicted octanol–water partition coefficient (Wildman–Crippen LogP) is 3.23. The van der Waals surface area contributed by atoms with Crippen LogP contribution in [0.4, 0.5) is 16.3 Å². The third-order valence-electron chi connectivity index (χ3n) is 6.40. The van der Waals surface area contributed by atoms with Crippen LogP contribution in [0.3, 0.4) is 0 Å². The van der Waals surface area contributed by atoms with E-state index in [1.165, 1.54) is 19.0 Å². The maximum Gasteiger partial charge on any atom is 0.324 e. The number of benzene rings is 2. The first-order valence-corrected chi connectivity index (χ1v) is 13.0. The average Bonchev–Trinajstić information content (AvgIpc) is 3.59. The Morgan fingerprint density at radius 3 is 2.15 bits per heavy atom. The molecular formula is C29H34N8O4. The van der Waals surface area contributed by atoms with Crippen molar-refractivity contribution >= 4 is 46.2 Å². The van der Waals surface area contributed by atoms with E-state index in [0.717, 1.165) is 16.6 Å². The van der Waals surface area contributed by atoms with Crippen molar-refractivity contribution in [2.45, 2.75) is 26.2 Å². The molecule has 0 aliphatic carbocycles. The van der Waals surface area contributed by atoms with Crippen molar-refractivity contribution in [1.82, 2.24) is 30.3 Å². The molecule has 2 heterocycles. The molecule has 12 heteroatoms. The van der Waals surface area contributed by atoms with Gasteiger partial charge in [-0.25, -0.2) is 9.48 Å². The van der Waals surface area contributed by atoms with Gasteiger partial charge in [-0.1, -0.05) is 20.8 Å². The Labute approximate surface area is 237 Å². The number of rotatable bonds is 8. The molecular weight excluding hydrogens is 524 g/mol. The van der Waals surface area contributed by atoms with E-state index in [4.69, 9.17) is 5.10 Å². The fraction of sp³-hybridized carbons (Fsp3) is 0.276. The van der Waals surface area contributed by atoms with Crippen molar-refractivity contribution in [2.24, 2.45) is 0 Å². The van der Waals surface area contributed by atoms with Crippen molar-refractivity contribution in [3.63, 3.8) is 0 Å². The fourth-order valence-corrected chi connectivity index (χ4v) is 4.08. The summed E-state index contributed by atoms with van der Waals surface area (Å²) < 4.78 is 1.59. The van der Waals surface area contributed by atoms with Gasteiger partial charge in [-0.05, 0) is 48.5 Å². The molecule has 0 aliphatic heterocycles. The second-order valence-corrected chi connectivity index (χ2v) is 10.5. The monoisotopic (exact) mass is 558 g/mol. The standard InChI is InChI=1S/C29H34N8O4/c1-29(2,3)23-15-24(34-28(41)33-20-8-11-22-19(14-20)12-13-32-22)37(35-23)21-9-6-18(7-10-21)27(40)36(16-25(38)30-4)17-26(39)31-5/h6-15,32H,16-17H2,1-5H3,(H,30,38)(H,31,39)(H2,33,34,41). The van der Waals surface area contributed by atoms with Crippen LogP contribution in [-0.4, -0.2) is 70.6 Å². The lowest BCUT2D eigenvalue weighted by Gasteiger charge is -2.21. The average molecular weight is 559 g/mol. The number of nitrogens with zero attached hydrogens (tertiary/aromatic N) is 3. The van der Waals surface area contributed by atoms with Gasteiger partial charge in [-0.3, -0.25) is 19.7 Å². The highest BCUT2D eigenvalue weighted by atomic mass is 16.2. The van der Waals surface area contributed by atoms with Gasteiger partial charge in [0.25, 0.3) is 5.91 Å². The predicted molar refractivity (Wildman–Crippen MR) is 157 cm³/mol. The minimum Gasteiger partial charge on any atom is -0.361 e. The van der Waals surface area contributed by atoms with Gasteiger partial charge in [0, 0.05) is 53.9 Å².